The zero-order valence-electron chi connectivity index (χ0n) is 30.0. The summed E-state index contributed by atoms with van der Waals surface area (Å²) in [6.07, 6.45) is 7.68. The van der Waals surface area contributed by atoms with Crippen LogP contribution in [0.25, 0.3) is 33.5 Å². The van der Waals surface area contributed by atoms with Crippen LogP contribution in [0, 0.1) is 12.7 Å². The molecule has 12 heteroatoms. The van der Waals surface area contributed by atoms with Gasteiger partial charge in [-0.1, -0.05) is 36.4 Å². The summed E-state index contributed by atoms with van der Waals surface area (Å²) in [4.78, 5) is 55.3. The number of piperazine rings is 1. The molecule has 272 valence electrons. The molecule has 0 unspecified atom stereocenters. The number of pyridine rings is 2. The van der Waals surface area contributed by atoms with Crippen molar-refractivity contribution in [1.82, 2.24) is 38.6 Å². The summed E-state index contributed by atoms with van der Waals surface area (Å²) in [5.41, 5.74) is 4.98. The predicted molar refractivity (Wildman–Crippen MR) is 203 cm³/mol. The number of nitrogens with zero attached hydrogens (tertiary/aromatic N) is 7. The van der Waals surface area contributed by atoms with Crippen LogP contribution in [-0.2, 0) is 6.42 Å². The first-order chi connectivity index (χ1) is 25.7. The molecule has 4 aromatic heterocycles. The first kappa shape index (κ1) is 34.6. The minimum Gasteiger partial charge on any atom is -0.348 e. The number of aryl methyl sites for hydroxylation is 1. The van der Waals surface area contributed by atoms with Gasteiger partial charge in [0, 0.05) is 63.4 Å². The van der Waals surface area contributed by atoms with Crippen LogP contribution in [0.3, 0.4) is 0 Å². The van der Waals surface area contributed by atoms with E-state index in [0.29, 0.717) is 48.1 Å². The number of nitrogens with one attached hydrogen (secondary N) is 1. The van der Waals surface area contributed by atoms with Gasteiger partial charge in [0.15, 0.2) is 5.65 Å². The number of hydrogen-bond donors (Lipinski definition) is 1. The third kappa shape index (κ3) is 7.16. The van der Waals surface area contributed by atoms with Crippen LogP contribution in [0.2, 0.25) is 0 Å². The summed E-state index contributed by atoms with van der Waals surface area (Å²) < 4.78 is 18.1. The molecule has 2 aliphatic rings. The van der Waals surface area contributed by atoms with Crippen molar-refractivity contribution in [3.05, 3.63) is 129 Å². The van der Waals surface area contributed by atoms with E-state index in [1.165, 1.54) is 39.1 Å². The van der Waals surface area contributed by atoms with Crippen molar-refractivity contribution in [3.8, 4) is 16.8 Å². The van der Waals surface area contributed by atoms with E-state index in [-0.39, 0.29) is 29.2 Å². The van der Waals surface area contributed by atoms with Crippen molar-refractivity contribution < 1.29 is 9.18 Å². The standard InChI is InChI=1S/C41H43FN8O3/c1-27-22-35-38(43-24-27)49(34-5-3-4-30(23-34)29-8-6-28(7-9-29)16-17-47-20-18-46(2)19-21-47)41(53)50(40(35)52)33-13-11-32(12-14-33)44-39(51)36-26-48-25-31(42)10-15-37(48)45-36/h3-10,15,22-26,32-33H,11-14,16-21H2,1-2H3,(H,44,51). The molecule has 1 aliphatic heterocycles. The molecule has 11 nitrogen and oxygen atoms in total. The van der Waals surface area contributed by atoms with Crippen LogP contribution >= 0.6 is 0 Å². The Hall–Kier alpha value is -5.46. The number of amides is 1. The predicted octanol–water partition coefficient (Wildman–Crippen LogP) is 5.01. The van der Waals surface area contributed by atoms with Crippen molar-refractivity contribution in [1.29, 1.82) is 0 Å². The molecule has 8 rings (SSSR count). The van der Waals surface area contributed by atoms with Crippen LogP contribution in [0.5, 0.6) is 0 Å². The first-order valence-electron chi connectivity index (χ1n) is 18.4. The molecule has 1 aliphatic carbocycles. The van der Waals surface area contributed by atoms with Gasteiger partial charge in [0.05, 0.1) is 11.1 Å². The molecule has 0 radical (unpaired) electrons. The SMILES string of the molecule is Cc1cnc2c(c1)c(=O)n(C1CCC(NC(=O)c3cn4cc(F)ccc4n3)CC1)c(=O)n2-c1cccc(-c2ccc(CCN3CCN(C)CC3)cc2)c1. The first-order valence-corrected chi connectivity index (χ1v) is 18.4. The number of rotatable bonds is 8. The smallest absolute Gasteiger partial charge is 0.337 e. The molecule has 2 fully saturated rings. The fourth-order valence-electron chi connectivity index (χ4n) is 7.73. The molecule has 1 amide bonds. The molecule has 1 saturated carbocycles. The molecule has 0 bridgehead atoms. The highest BCUT2D eigenvalue weighted by Crippen LogP contribution is 2.29. The Morgan fingerprint density at radius 2 is 1.68 bits per heavy atom. The molecule has 5 heterocycles. The van der Waals surface area contributed by atoms with E-state index in [0.717, 1.165) is 55.8 Å². The van der Waals surface area contributed by atoms with Crippen molar-refractivity contribution >= 4 is 22.6 Å². The molecule has 1 saturated heterocycles. The summed E-state index contributed by atoms with van der Waals surface area (Å²) in [6.45, 7) is 7.35. The highest BCUT2D eigenvalue weighted by atomic mass is 19.1. The van der Waals surface area contributed by atoms with Gasteiger partial charge in [-0.3, -0.25) is 14.2 Å². The van der Waals surface area contributed by atoms with E-state index in [1.54, 1.807) is 16.8 Å². The second kappa shape index (κ2) is 14.5. The molecule has 0 atom stereocenters. The Morgan fingerprint density at radius 1 is 0.906 bits per heavy atom. The Bertz CT molecular complexity index is 2420. The molecule has 53 heavy (non-hydrogen) atoms. The maximum Gasteiger partial charge on any atom is 0.337 e. The van der Waals surface area contributed by atoms with E-state index in [4.69, 9.17) is 0 Å². The van der Waals surface area contributed by atoms with E-state index < -0.39 is 11.5 Å². The second-order valence-electron chi connectivity index (χ2n) is 14.5. The number of fused-ring (bicyclic) bond motifs is 2. The summed E-state index contributed by atoms with van der Waals surface area (Å²) in [7, 11) is 2.17. The van der Waals surface area contributed by atoms with Crippen molar-refractivity contribution in [2.75, 3.05) is 39.8 Å². The number of imidazole rings is 1. The van der Waals surface area contributed by atoms with Crippen molar-refractivity contribution in [2.45, 2.75) is 51.1 Å². The number of likely N-dealkylation sites (N-methyl/N-ethyl adjacent to an activating group) is 1. The van der Waals surface area contributed by atoms with Crippen LogP contribution in [0.4, 0.5) is 4.39 Å². The Kier molecular flexibility index (Phi) is 9.48. The lowest BCUT2D eigenvalue weighted by Gasteiger charge is -2.32. The number of aromatic nitrogens is 5. The normalized spacial score (nSPS) is 18.5. The van der Waals surface area contributed by atoms with Gasteiger partial charge in [-0.2, -0.15) is 0 Å². The van der Waals surface area contributed by atoms with E-state index >= 15 is 0 Å². The van der Waals surface area contributed by atoms with Crippen molar-refractivity contribution in [2.24, 2.45) is 0 Å². The topological polar surface area (TPSA) is 110 Å². The van der Waals surface area contributed by atoms with E-state index in [2.05, 4.69) is 56.4 Å². The van der Waals surface area contributed by atoms with Gasteiger partial charge >= 0.3 is 5.69 Å². The van der Waals surface area contributed by atoms with Gasteiger partial charge in [-0.15, -0.1) is 0 Å². The number of benzene rings is 2. The highest BCUT2D eigenvalue weighted by Gasteiger charge is 2.28. The fraction of sp³-hybridized carbons (Fsp3) is 0.341. The number of hydrogen-bond acceptors (Lipinski definition) is 7. The van der Waals surface area contributed by atoms with Gasteiger partial charge in [-0.05, 0) is 98.7 Å². The lowest BCUT2D eigenvalue weighted by Crippen LogP contribution is -2.45. The molecule has 1 N–H and O–H groups in total. The number of halogens is 1. The molecule has 6 aromatic rings. The highest BCUT2D eigenvalue weighted by molar-refractivity contribution is 5.93. The zero-order chi connectivity index (χ0) is 36.6. The summed E-state index contributed by atoms with van der Waals surface area (Å²) in [5, 5.41) is 3.43. The Balaban J connectivity index is 1.03. The average molecular weight is 715 g/mol. The molecular weight excluding hydrogens is 672 g/mol. The lowest BCUT2D eigenvalue weighted by atomic mass is 9.90. The molecule has 2 aromatic carbocycles. The van der Waals surface area contributed by atoms with Crippen LogP contribution < -0.4 is 16.6 Å². The number of carbonyl (C=O) groups excluding carboxylic acids is 1. The average Bonchev–Trinajstić information content (AvgIpc) is 3.60. The monoisotopic (exact) mass is 714 g/mol. The fourth-order valence-corrected chi connectivity index (χ4v) is 7.73. The van der Waals surface area contributed by atoms with Crippen LogP contribution in [-0.4, -0.2) is 85.0 Å². The Labute approximate surface area is 306 Å². The summed E-state index contributed by atoms with van der Waals surface area (Å²) >= 11 is 0. The van der Waals surface area contributed by atoms with Crippen molar-refractivity contribution in [3.63, 3.8) is 0 Å². The van der Waals surface area contributed by atoms with Crippen LogP contribution in [0.15, 0.2) is 94.9 Å². The summed E-state index contributed by atoms with van der Waals surface area (Å²) in [6, 6.07) is 20.6. The largest absolute Gasteiger partial charge is 0.348 e. The Morgan fingerprint density at radius 3 is 2.45 bits per heavy atom. The quantitative estimate of drug-likeness (QED) is 0.236. The van der Waals surface area contributed by atoms with Gasteiger partial charge in [0.2, 0.25) is 0 Å². The molecular formula is C41H43FN8O3. The third-order valence-corrected chi connectivity index (χ3v) is 10.8. The van der Waals surface area contributed by atoms with Gasteiger partial charge < -0.3 is 19.5 Å². The number of carbonyl (C=O) groups is 1. The van der Waals surface area contributed by atoms with Gasteiger partial charge in [0.1, 0.15) is 17.2 Å². The third-order valence-electron chi connectivity index (χ3n) is 10.8. The maximum absolute atomic E-state index is 14.4. The minimum absolute atomic E-state index is 0.155. The maximum atomic E-state index is 14.4. The zero-order valence-corrected chi connectivity index (χ0v) is 30.0. The lowest BCUT2D eigenvalue weighted by molar-refractivity contribution is 0.0917. The van der Waals surface area contributed by atoms with Gasteiger partial charge in [-0.25, -0.2) is 23.7 Å². The minimum atomic E-state index is -0.431. The second-order valence-corrected chi connectivity index (χ2v) is 14.5. The van der Waals surface area contributed by atoms with E-state index in [9.17, 15) is 18.8 Å². The summed E-state index contributed by atoms with van der Waals surface area (Å²) in [5.74, 6) is -0.761. The van der Waals surface area contributed by atoms with Gasteiger partial charge in [0.25, 0.3) is 11.5 Å². The van der Waals surface area contributed by atoms with E-state index in [1.807, 2.05) is 31.2 Å². The van der Waals surface area contributed by atoms with Crippen LogP contribution in [0.1, 0.15) is 53.3 Å². The molecule has 0 spiro atoms.